The SMILES string of the molecule is CCC(=NC(=NC)OC)OC. The van der Waals surface area contributed by atoms with Gasteiger partial charge in [0.2, 0.25) is 0 Å². The third kappa shape index (κ3) is 3.60. The van der Waals surface area contributed by atoms with E-state index in [1.807, 2.05) is 6.92 Å². The van der Waals surface area contributed by atoms with Crippen LogP contribution in [-0.2, 0) is 9.47 Å². The van der Waals surface area contributed by atoms with Gasteiger partial charge in [0.25, 0.3) is 0 Å². The van der Waals surface area contributed by atoms with Crippen molar-refractivity contribution >= 4 is 11.9 Å². The van der Waals surface area contributed by atoms with Crippen LogP contribution in [0.2, 0.25) is 0 Å². The van der Waals surface area contributed by atoms with Crippen LogP contribution in [0.3, 0.4) is 0 Å². The molecule has 0 rings (SSSR count). The Morgan fingerprint density at radius 1 is 1.27 bits per heavy atom. The summed E-state index contributed by atoms with van der Waals surface area (Å²) in [5, 5.41) is 0. The van der Waals surface area contributed by atoms with Crippen LogP contribution < -0.4 is 0 Å². The molecule has 0 radical (unpaired) electrons. The van der Waals surface area contributed by atoms with Gasteiger partial charge in [0.05, 0.1) is 14.2 Å². The Labute approximate surface area is 66.9 Å². The highest BCUT2D eigenvalue weighted by Gasteiger charge is 1.97. The monoisotopic (exact) mass is 158 g/mol. The highest BCUT2D eigenvalue weighted by atomic mass is 16.5. The second-order valence-corrected chi connectivity index (χ2v) is 1.77. The molecule has 0 fully saturated rings. The van der Waals surface area contributed by atoms with Crippen molar-refractivity contribution in [2.24, 2.45) is 9.98 Å². The van der Waals surface area contributed by atoms with E-state index in [-0.39, 0.29) is 0 Å². The Bertz CT molecular complexity index is 158. The van der Waals surface area contributed by atoms with Gasteiger partial charge in [0, 0.05) is 13.5 Å². The first-order valence-electron chi connectivity index (χ1n) is 3.40. The third-order valence-electron chi connectivity index (χ3n) is 1.13. The Hall–Kier alpha value is -1.06. The zero-order chi connectivity index (χ0) is 8.69. The summed E-state index contributed by atoms with van der Waals surface area (Å²) in [4.78, 5) is 7.74. The molecule has 4 nitrogen and oxygen atoms in total. The number of nitrogens with zero attached hydrogens (tertiary/aromatic N) is 2. The van der Waals surface area contributed by atoms with Gasteiger partial charge in [-0.1, -0.05) is 6.92 Å². The predicted molar refractivity (Wildman–Crippen MR) is 45.1 cm³/mol. The van der Waals surface area contributed by atoms with Crippen LogP contribution in [0.25, 0.3) is 0 Å². The van der Waals surface area contributed by atoms with E-state index in [1.165, 1.54) is 7.11 Å². The van der Waals surface area contributed by atoms with Crippen molar-refractivity contribution in [3.8, 4) is 0 Å². The molecule has 0 aromatic rings. The summed E-state index contributed by atoms with van der Waals surface area (Å²) in [5.41, 5.74) is 0. The molecule has 64 valence electrons. The number of aliphatic imine (C=N–C) groups is 2. The molecule has 4 heteroatoms. The summed E-state index contributed by atoms with van der Waals surface area (Å²) < 4.78 is 9.74. The Morgan fingerprint density at radius 3 is 2.18 bits per heavy atom. The van der Waals surface area contributed by atoms with Crippen molar-refractivity contribution in [2.75, 3.05) is 21.3 Å². The first-order chi connectivity index (χ1) is 5.28. The van der Waals surface area contributed by atoms with Crippen LogP contribution in [0, 0.1) is 0 Å². The fraction of sp³-hybridized carbons (Fsp3) is 0.714. The van der Waals surface area contributed by atoms with Crippen LogP contribution >= 0.6 is 0 Å². The van der Waals surface area contributed by atoms with E-state index in [4.69, 9.17) is 9.47 Å². The molecule has 0 bridgehead atoms. The largest absolute Gasteiger partial charge is 0.484 e. The fourth-order valence-electron chi connectivity index (χ4n) is 0.563. The number of hydrogen-bond donors (Lipinski definition) is 0. The Morgan fingerprint density at radius 2 is 1.91 bits per heavy atom. The maximum absolute atomic E-state index is 4.92. The number of ether oxygens (including phenoxy) is 2. The van der Waals surface area contributed by atoms with Crippen LogP contribution in [0.4, 0.5) is 0 Å². The zero-order valence-corrected chi connectivity index (χ0v) is 7.42. The molecule has 0 spiro atoms. The molecule has 0 heterocycles. The van der Waals surface area contributed by atoms with Crippen molar-refractivity contribution < 1.29 is 9.47 Å². The highest BCUT2D eigenvalue weighted by molar-refractivity contribution is 5.89. The average molecular weight is 158 g/mol. The van der Waals surface area contributed by atoms with E-state index in [9.17, 15) is 0 Å². The average Bonchev–Trinajstić information content (AvgIpc) is 2.07. The second kappa shape index (κ2) is 5.70. The van der Waals surface area contributed by atoms with Crippen LogP contribution in [0.15, 0.2) is 9.98 Å². The van der Waals surface area contributed by atoms with Gasteiger partial charge in [-0.25, -0.2) is 4.99 Å². The summed E-state index contributed by atoms with van der Waals surface area (Å²) >= 11 is 0. The molecule has 0 unspecified atom stereocenters. The van der Waals surface area contributed by atoms with Crippen molar-refractivity contribution in [1.29, 1.82) is 0 Å². The van der Waals surface area contributed by atoms with Crippen LogP contribution in [-0.4, -0.2) is 33.2 Å². The van der Waals surface area contributed by atoms with Gasteiger partial charge in [-0.15, -0.1) is 0 Å². The first kappa shape index (κ1) is 9.94. The summed E-state index contributed by atoms with van der Waals surface area (Å²) in [5.74, 6) is 0.618. The molecule has 0 saturated heterocycles. The van der Waals surface area contributed by atoms with Crippen LogP contribution in [0.1, 0.15) is 13.3 Å². The number of hydrogen-bond acceptors (Lipinski definition) is 3. The summed E-state index contributed by atoms with van der Waals surface area (Å²) in [7, 11) is 4.71. The number of rotatable bonds is 1. The molecule has 11 heavy (non-hydrogen) atoms. The minimum absolute atomic E-state index is 0.337. The minimum Gasteiger partial charge on any atom is -0.484 e. The third-order valence-corrected chi connectivity index (χ3v) is 1.13. The quantitative estimate of drug-likeness (QED) is 0.423. The van der Waals surface area contributed by atoms with Gasteiger partial charge in [-0.2, -0.15) is 4.99 Å². The van der Waals surface area contributed by atoms with E-state index in [1.54, 1.807) is 14.2 Å². The molecule has 0 N–H and O–H groups in total. The van der Waals surface area contributed by atoms with Gasteiger partial charge in [-0.3, -0.25) is 0 Å². The predicted octanol–water partition coefficient (Wildman–Crippen LogP) is 1.07. The summed E-state index contributed by atoms with van der Waals surface area (Å²) in [6.07, 6.45) is 0.735. The minimum atomic E-state index is 0.337. The molecular weight excluding hydrogens is 144 g/mol. The maximum atomic E-state index is 4.92. The fourth-order valence-corrected chi connectivity index (χ4v) is 0.563. The lowest BCUT2D eigenvalue weighted by molar-refractivity contribution is 0.376. The van der Waals surface area contributed by atoms with E-state index >= 15 is 0 Å². The normalized spacial score (nSPS) is 13.1. The van der Waals surface area contributed by atoms with Gasteiger partial charge in [-0.05, 0) is 0 Å². The van der Waals surface area contributed by atoms with Crippen molar-refractivity contribution in [3.63, 3.8) is 0 Å². The lowest BCUT2D eigenvalue weighted by Gasteiger charge is -2.01. The first-order valence-corrected chi connectivity index (χ1v) is 3.40. The Balaban J connectivity index is 4.23. The summed E-state index contributed by atoms with van der Waals surface area (Å²) in [6.45, 7) is 1.95. The second-order valence-electron chi connectivity index (χ2n) is 1.77. The Kier molecular flexibility index (Phi) is 5.15. The zero-order valence-electron chi connectivity index (χ0n) is 7.42. The molecule has 0 aliphatic rings. The van der Waals surface area contributed by atoms with Crippen LogP contribution in [0.5, 0.6) is 0 Å². The molecule has 0 aliphatic carbocycles. The van der Waals surface area contributed by atoms with Crippen molar-refractivity contribution in [3.05, 3.63) is 0 Å². The topological polar surface area (TPSA) is 43.2 Å². The molecule has 0 amide bonds. The molecule has 0 saturated carbocycles. The molecular formula is C7H14N2O2. The van der Waals surface area contributed by atoms with E-state index in [2.05, 4.69) is 9.98 Å². The van der Waals surface area contributed by atoms with Crippen molar-refractivity contribution in [1.82, 2.24) is 0 Å². The van der Waals surface area contributed by atoms with Gasteiger partial charge >= 0.3 is 6.02 Å². The van der Waals surface area contributed by atoms with Crippen molar-refractivity contribution in [2.45, 2.75) is 13.3 Å². The molecule has 0 aromatic heterocycles. The molecule has 0 atom stereocenters. The van der Waals surface area contributed by atoms with E-state index in [0.29, 0.717) is 11.9 Å². The van der Waals surface area contributed by atoms with E-state index < -0.39 is 0 Å². The lowest BCUT2D eigenvalue weighted by Crippen LogP contribution is -2.05. The van der Waals surface area contributed by atoms with E-state index in [0.717, 1.165) is 6.42 Å². The standard InChI is InChI=1S/C7H14N2O2/c1-5-6(10-3)9-7(8-2)11-4/h5H2,1-4H3. The van der Waals surface area contributed by atoms with Gasteiger partial charge in [0.1, 0.15) is 0 Å². The maximum Gasteiger partial charge on any atom is 0.314 e. The van der Waals surface area contributed by atoms with Gasteiger partial charge < -0.3 is 9.47 Å². The lowest BCUT2D eigenvalue weighted by atomic mass is 10.5. The van der Waals surface area contributed by atoms with Gasteiger partial charge in [0.15, 0.2) is 5.90 Å². The molecule has 0 aromatic carbocycles. The molecule has 0 aliphatic heterocycles. The smallest absolute Gasteiger partial charge is 0.314 e. The number of amidine groups is 1. The number of methoxy groups -OCH3 is 2. The highest BCUT2D eigenvalue weighted by Crippen LogP contribution is 1.90. The summed E-state index contributed by atoms with van der Waals surface area (Å²) in [6, 6.07) is 0.337.